The van der Waals surface area contributed by atoms with Gasteiger partial charge in [0.25, 0.3) is 0 Å². The molecule has 2 fully saturated rings. The van der Waals surface area contributed by atoms with E-state index in [0.29, 0.717) is 23.3 Å². The molecule has 10 nitrogen and oxygen atoms in total. The van der Waals surface area contributed by atoms with Gasteiger partial charge in [0.1, 0.15) is 11.5 Å². The predicted octanol–water partition coefficient (Wildman–Crippen LogP) is 8.34. The highest BCUT2D eigenvalue weighted by Gasteiger charge is 2.40. The van der Waals surface area contributed by atoms with Crippen molar-refractivity contribution in [2.45, 2.75) is 115 Å². The highest BCUT2D eigenvalue weighted by atomic mass is 16.3. The summed E-state index contributed by atoms with van der Waals surface area (Å²) in [5.41, 5.74) is 3.61. The Labute approximate surface area is 321 Å². The molecule has 0 atom stereocenters. The summed E-state index contributed by atoms with van der Waals surface area (Å²) in [6, 6.07) is 27.5. The van der Waals surface area contributed by atoms with Crippen LogP contribution in [0.1, 0.15) is 81.1 Å². The van der Waals surface area contributed by atoms with Crippen molar-refractivity contribution in [1.82, 2.24) is 31.0 Å². The monoisotopic (exact) mass is 730 g/mol. The zero-order chi connectivity index (χ0) is 39.1. The van der Waals surface area contributed by atoms with Gasteiger partial charge in [0, 0.05) is 59.5 Å². The van der Waals surface area contributed by atoms with Gasteiger partial charge in [-0.05, 0) is 146 Å². The Bertz CT molecular complexity index is 2030. The van der Waals surface area contributed by atoms with E-state index >= 15 is 0 Å². The number of hydrogen-bond donors (Lipinski definition) is 4. The number of rotatable bonds is 6. The molecule has 0 bridgehead atoms. The molecule has 4 heterocycles. The van der Waals surface area contributed by atoms with E-state index < -0.39 is 0 Å². The first-order valence-electron chi connectivity index (χ1n) is 19.0. The van der Waals surface area contributed by atoms with Gasteiger partial charge < -0.3 is 30.6 Å². The molecule has 286 valence electrons. The lowest BCUT2D eigenvalue weighted by atomic mass is 9.79. The van der Waals surface area contributed by atoms with Crippen LogP contribution in [0.2, 0.25) is 0 Å². The van der Waals surface area contributed by atoms with Gasteiger partial charge >= 0.3 is 0 Å². The van der Waals surface area contributed by atoms with Gasteiger partial charge in [0.2, 0.25) is 0 Å². The fraction of sp³-hybridized carbons (Fsp3) is 0.455. The zero-order valence-electron chi connectivity index (χ0n) is 33.6. The van der Waals surface area contributed by atoms with Crippen molar-refractivity contribution in [2.75, 3.05) is 23.9 Å². The first-order valence-corrected chi connectivity index (χ1v) is 19.0. The molecule has 4 N–H and O–H groups in total. The van der Waals surface area contributed by atoms with Crippen LogP contribution in [-0.4, -0.2) is 78.9 Å². The summed E-state index contributed by atoms with van der Waals surface area (Å²) in [5.74, 6) is 2.26. The Kier molecular flexibility index (Phi) is 10.7. The number of nitrogens with zero attached hydrogens (tertiary/aromatic N) is 6. The molecule has 2 aliphatic heterocycles. The Hall–Kier alpha value is -4.80. The lowest BCUT2D eigenvalue weighted by molar-refractivity contribution is 0.160. The van der Waals surface area contributed by atoms with Crippen LogP contribution in [0.5, 0.6) is 11.5 Å². The number of aromatic hydroxyl groups is 2. The van der Waals surface area contributed by atoms with Gasteiger partial charge in [-0.15, -0.1) is 20.4 Å². The van der Waals surface area contributed by atoms with Gasteiger partial charge in [-0.25, -0.2) is 0 Å². The molecular weight excluding hydrogens is 673 g/mol. The Morgan fingerprint density at radius 3 is 1.48 bits per heavy atom. The normalized spacial score (nSPS) is 19.1. The zero-order valence-corrected chi connectivity index (χ0v) is 33.6. The van der Waals surface area contributed by atoms with Crippen molar-refractivity contribution in [1.29, 1.82) is 0 Å². The van der Waals surface area contributed by atoms with Crippen LogP contribution < -0.4 is 20.4 Å². The van der Waals surface area contributed by atoms with E-state index in [4.69, 9.17) is 0 Å². The molecule has 2 aliphatic rings. The minimum absolute atomic E-state index is 0.0872. The first-order chi connectivity index (χ1) is 25.3. The average Bonchev–Trinajstić information content (AvgIpc) is 3.09. The number of fused-ring (bicyclic) bond motifs is 1. The van der Waals surface area contributed by atoms with E-state index in [0.717, 1.165) is 59.3 Å². The van der Waals surface area contributed by atoms with Crippen LogP contribution in [0.3, 0.4) is 0 Å². The maximum Gasteiger partial charge on any atom is 0.151 e. The molecule has 7 rings (SSSR count). The topological polar surface area (TPSA) is 123 Å². The quantitative estimate of drug-likeness (QED) is 0.136. The fourth-order valence-corrected chi connectivity index (χ4v) is 8.87. The third-order valence-electron chi connectivity index (χ3n) is 10.8. The van der Waals surface area contributed by atoms with Crippen molar-refractivity contribution in [3.63, 3.8) is 0 Å². The summed E-state index contributed by atoms with van der Waals surface area (Å²) < 4.78 is 0. The average molecular weight is 731 g/mol. The van der Waals surface area contributed by atoms with Gasteiger partial charge in [0.15, 0.2) is 11.6 Å². The second kappa shape index (κ2) is 14.8. The van der Waals surface area contributed by atoms with Crippen LogP contribution in [0, 0.1) is 0 Å². The van der Waals surface area contributed by atoms with Crippen molar-refractivity contribution in [2.24, 2.45) is 0 Å². The molecule has 3 aromatic carbocycles. The van der Waals surface area contributed by atoms with E-state index in [-0.39, 0.29) is 33.7 Å². The largest absolute Gasteiger partial charge is 0.508 e. The number of aromatic nitrogens is 4. The predicted molar refractivity (Wildman–Crippen MR) is 221 cm³/mol. The van der Waals surface area contributed by atoms with E-state index in [2.05, 4.69) is 122 Å². The SMILES string of the molecule is CN(c1ccc(-c2ccc3cc(O)ccc3c2)nn1)C1CC(C)(C)NC(C)(C)C1.CN(c1ccc(-c2ccccc2O)nn1)C1CC(C)(C)NC(C)(C)C1. The van der Waals surface area contributed by atoms with Crippen LogP contribution >= 0.6 is 0 Å². The third-order valence-corrected chi connectivity index (χ3v) is 10.8. The van der Waals surface area contributed by atoms with Crippen LogP contribution in [0.4, 0.5) is 11.6 Å². The van der Waals surface area contributed by atoms with Gasteiger partial charge in [-0.2, -0.15) is 0 Å². The second-order valence-corrected chi connectivity index (χ2v) is 17.9. The van der Waals surface area contributed by atoms with E-state index in [9.17, 15) is 10.2 Å². The Balaban J connectivity index is 0.000000186. The summed E-state index contributed by atoms with van der Waals surface area (Å²) in [4.78, 5) is 4.50. The van der Waals surface area contributed by atoms with Gasteiger partial charge in [-0.1, -0.05) is 30.3 Å². The summed E-state index contributed by atoms with van der Waals surface area (Å²) >= 11 is 0. The smallest absolute Gasteiger partial charge is 0.151 e. The molecule has 0 radical (unpaired) electrons. The molecule has 54 heavy (non-hydrogen) atoms. The minimum atomic E-state index is 0.0872. The Morgan fingerprint density at radius 1 is 0.537 bits per heavy atom. The molecule has 2 saturated heterocycles. The number of hydrogen-bond acceptors (Lipinski definition) is 10. The molecule has 10 heteroatoms. The number of anilines is 2. The molecule has 2 aromatic heterocycles. The molecule has 0 saturated carbocycles. The molecule has 0 spiro atoms. The number of phenolic OH excluding ortho intramolecular Hbond substituents is 2. The standard InChI is InChI=1S/C24H30N4O.C20H28N4O/c1-23(2)14-19(15-24(3,4)27-23)28(5)22-11-10-21(25-26-22)18-7-6-17-13-20(29)9-8-16(17)12-18;1-19(2)12-14(13-20(3,4)23-19)24(5)18-11-10-16(21-22-18)15-8-6-7-9-17(15)25/h6-13,19,27,29H,14-15H2,1-5H3;6-11,14,23,25H,12-13H2,1-5H3. The maximum absolute atomic E-state index is 9.98. The highest BCUT2D eigenvalue weighted by Crippen LogP contribution is 2.35. The Morgan fingerprint density at radius 2 is 1.00 bits per heavy atom. The van der Waals surface area contributed by atoms with E-state index in [1.807, 2.05) is 48.5 Å². The number of para-hydroxylation sites is 1. The van der Waals surface area contributed by atoms with Gasteiger partial charge in [0.05, 0.1) is 11.4 Å². The fourth-order valence-electron chi connectivity index (χ4n) is 8.87. The van der Waals surface area contributed by atoms with Crippen LogP contribution in [-0.2, 0) is 0 Å². The van der Waals surface area contributed by atoms with Crippen molar-refractivity contribution in [3.05, 3.63) is 84.9 Å². The molecule has 5 aromatic rings. The molecule has 0 amide bonds. The van der Waals surface area contributed by atoms with Crippen molar-refractivity contribution in [3.8, 4) is 34.0 Å². The first kappa shape index (κ1) is 38.9. The van der Waals surface area contributed by atoms with E-state index in [1.54, 1.807) is 24.3 Å². The minimum Gasteiger partial charge on any atom is -0.508 e. The number of piperidine rings is 2. The summed E-state index contributed by atoms with van der Waals surface area (Å²) in [5, 5.41) is 46.9. The van der Waals surface area contributed by atoms with Gasteiger partial charge in [-0.3, -0.25) is 0 Å². The second-order valence-electron chi connectivity index (χ2n) is 17.9. The summed E-state index contributed by atoms with van der Waals surface area (Å²) in [7, 11) is 4.21. The maximum atomic E-state index is 9.98. The highest BCUT2D eigenvalue weighted by molar-refractivity contribution is 5.87. The molecule has 0 aliphatic carbocycles. The van der Waals surface area contributed by atoms with Crippen molar-refractivity contribution < 1.29 is 10.2 Å². The third kappa shape index (κ3) is 9.28. The lowest BCUT2D eigenvalue weighted by Crippen LogP contribution is -2.62. The lowest BCUT2D eigenvalue weighted by Gasteiger charge is -2.49. The van der Waals surface area contributed by atoms with E-state index in [1.165, 1.54) is 0 Å². The number of nitrogens with one attached hydrogen (secondary N) is 2. The van der Waals surface area contributed by atoms with Crippen LogP contribution in [0.25, 0.3) is 33.3 Å². The number of benzene rings is 3. The molecular formula is C44H58N8O2. The molecule has 0 unspecified atom stereocenters. The van der Waals surface area contributed by atoms with Crippen LogP contribution in [0.15, 0.2) is 84.9 Å². The van der Waals surface area contributed by atoms with Crippen molar-refractivity contribution >= 4 is 22.4 Å². The summed E-state index contributed by atoms with van der Waals surface area (Å²) in [6.07, 6.45) is 4.23. The summed E-state index contributed by atoms with van der Waals surface area (Å²) in [6.45, 7) is 18.1. The number of phenols is 2.